The first-order valence-corrected chi connectivity index (χ1v) is 7.69. The summed E-state index contributed by atoms with van der Waals surface area (Å²) in [6.07, 6.45) is 1.38. The van der Waals surface area contributed by atoms with Crippen LogP contribution in [0.25, 0.3) is 0 Å². The summed E-state index contributed by atoms with van der Waals surface area (Å²) in [5.74, 6) is 0. The van der Waals surface area contributed by atoms with Crippen LogP contribution in [0.1, 0.15) is 12.6 Å². The van der Waals surface area contributed by atoms with Gasteiger partial charge in [0.2, 0.25) is 10.0 Å². The third kappa shape index (κ3) is 4.03. The average molecular weight is 306 g/mol. The first kappa shape index (κ1) is 17.1. The minimum atomic E-state index is -3.65. The zero-order valence-corrected chi connectivity index (χ0v) is 12.8. The maximum absolute atomic E-state index is 12.6. The summed E-state index contributed by atoms with van der Waals surface area (Å²) in [6.45, 7) is 2.37. The second-order valence-electron chi connectivity index (χ2n) is 4.43. The van der Waals surface area contributed by atoms with Crippen molar-refractivity contribution in [1.29, 1.82) is 0 Å². The molecule has 0 aromatic carbocycles. The summed E-state index contributed by atoms with van der Waals surface area (Å²) in [5, 5.41) is 9.01. The van der Waals surface area contributed by atoms with Gasteiger partial charge >= 0.3 is 0 Å². The first-order valence-electron chi connectivity index (χ1n) is 6.25. The maximum Gasteiger partial charge on any atom is 0.244 e. The number of ether oxygens (including phenoxy) is 2. The highest BCUT2D eigenvalue weighted by Crippen LogP contribution is 2.19. The van der Waals surface area contributed by atoms with Gasteiger partial charge in [-0.1, -0.05) is 0 Å². The van der Waals surface area contributed by atoms with Crippen molar-refractivity contribution >= 4 is 10.0 Å². The van der Waals surface area contributed by atoms with Gasteiger partial charge in [-0.05, 0) is 13.0 Å². The molecular weight excluding hydrogens is 284 g/mol. The van der Waals surface area contributed by atoms with Crippen LogP contribution in [0.2, 0.25) is 0 Å². The number of sulfonamides is 1. The van der Waals surface area contributed by atoms with E-state index >= 15 is 0 Å². The van der Waals surface area contributed by atoms with Gasteiger partial charge in [-0.25, -0.2) is 8.42 Å². The molecule has 0 aliphatic heterocycles. The number of hydrogen-bond acceptors (Lipinski definition) is 5. The van der Waals surface area contributed by atoms with E-state index in [0.717, 1.165) is 0 Å². The van der Waals surface area contributed by atoms with Gasteiger partial charge in [-0.2, -0.15) is 4.31 Å². The minimum Gasteiger partial charge on any atom is -0.390 e. The lowest BCUT2D eigenvalue weighted by Crippen LogP contribution is -2.42. The Bertz CT molecular complexity index is 500. The summed E-state index contributed by atoms with van der Waals surface area (Å²) in [6, 6.07) is 1.11. The van der Waals surface area contributed by atoms with E-state index in [9.17, 15) is 8.42 Å². The van der Waals surface area contributed by atoms with Gasteiger partial charge in [0.05, 0.1) is 24.7 Å². The smallest absolute Gasteiger partial charge is 0.244 e. The molecule has 1 aromatic heterocycles. The summed E-state index contributed by atoms with van der Waals surface area (Å²) in [4.78, 5) is 2.85. The van der Waals surface area contributed by atoms with E-state index in [0.29, 0.717) is 18.9 Å². The lowest BCUT2D eigenvalue weighted by atomic mass is 10.3. The maximum atomic E-state index is 12.6. The number of rotatable bonds is 9. The molecule has 8 heteroatoms. The van der Waals surface area contributed by atoms with Crippen molar-refractivity contribution in [3.63, 3.8) is 0 Å². The number of nitrogens with zero attached hydrogens (tertiary/aromatic N) is 1. The SMILES string of the molecule is COCCN(C(C)COC)S(=O)(=O)c1c[nH]c(CO)c1. The summed E-state index contributed by atoms with van der Waals surface area (Å²) in [7, 11) is -0.608. The van der Waals surface area contributed by atoms with Crippen molar-refractivity contribution in [2.45, 2.75) is 24.5 Å². The van der Waals surface area contributed by atoms with Gasteiger partial charge in [0, 0.05) is 38.7 Å². The highest BCUT2D eigenvalue weighted by atomic mass is 32.2. The van der Waals surface area contributed by atoms with E-state index in [1.54, 1.807) is 6.92 Å². The minimum absolute atomic E-state index is 0.126. The molecule has 0 aliphatic carbocycles. The number of aliphatic hydroxyl groups is 1. The number of aliphatic hydroxyl groups excluding tert-OH is 1. The van der Waals surface area contributed by atoms with Gasteiger partial charge in [0.25, 0.3) is 0 Å². The van der Waals surface area contributed by atoms with Crippen molar-refractivity contribution in [3.8, 4) is 0 Å². The Labute approximate surface area is 119 Å². The second kappa shape index (κ2) is 7.75. The van der Waals surface area contributed by atoms with Gasteiger partial charge in [-0.15, -0.1) is 0 Å². The first-order chi connectivity index (χ1) is 9.47. The zero-order valence-electron chi connectivity index (χ0n) is 12.0. The molecule has 0 spiro atoms. The van der Waals surface area contributed by atoms with Crippen LogP contribution in [0.4, 0.5) is 0 Å². The molecule has 1 rings (SSSR count). The highest BCUT2D eigenvalue weighted by Gasteiger charge is 2.29. The van der Waals surface area contributed by atoms with Crippen molar-refractivity contribution < 1.29 is 23.0 Å². The fourth-order valence-corrected chi connectivity index (χ4v) is 3.50. The Hall–Kier alpha value is -0.930. The summed E-state index contributed by atoms with van der Waals surface area (Å²) < 4.78 is 36.5. The van der Waals surface area contributed by atoms with Gasteiger partial charge in [-0.3, -0.25) is 0 Å². The van der Waals surface area contributed by atoms with Crippen molar-refractivity contribution in [3.05, 3.63) is 18.0 Å². The molecular formula is C12H22N2O5S. The van der Waals surface area contributed by atoms with Gasteiger partial charge < -0.3 is 19.6 Å². The molecule has 0 radical (unpaired) electrons. The van der Waals surface area contributed by atoms with Crippen LogP contribution in [-0.2, 0) is 26.1 Å². The fourth-order valence-electron chi connectivity index (χ4n) is 1.88. The van der Waals surface area contributed by atoms with Crippen molar-refractivity contribution in [2.75, 3.05) is 34.0 Å². The third-order valence-corrected chi connectivity index (χ3v) is 4.90. The molecule has 1 unspecified atom stereocenters. The number of H-pyrrole nitrogens is 1. The molecule has 1 heterocycles. The Kier molecular flexibility index (Phi) is 6.63. The number of methoxy groups -OCH3 is 2. The highest BCUT2D eigenvalue weighted by molar-refractivity contribution is 7.89. The lowest BCUT2D eigenvalue weighted by molar-refractivity contribution is 0.119. The van der Waals surface area contributed by atoms with Crippen molar-refractivity contribution in [1.82, 2.24) is 9.29 Å². The van der Waals surface area contributed by atoms with Gasteiger partial charge in [0.15, 0.2) is 0 Å². The van der Waals surface area contributed by atoms with Crippen LogP contribution in [0.15, 0.2) is 17.2 Å². The van der Waals surface area contributed by atoms with Crippen LogP contribution in [0, 0.1) is 0 Å². The Morgan fingerprint density at radius 3 is 2.60 bits per heavy atom. The molecule has 0 bridgehead atoms. The molecule has 0 saturated carbocycles. The zero-order chi connectivity index (χ0) is 15.2. The van der Waals surface area contributed by atoms with Crippen LogP contribution in [0.5, 0.6) is 0 Å². The Morgan fingerprint density at radius 1 is 1.40 bits per heavy atom. The number of aromatic amines is 1. The molecule has 0 amide bonds. The summed E-state index contributed by atoms with van der Waals surface area (Å²) in [5.41, 5.74) is 0.453. The van der Waals surface area contributed by atoms with Crippen LogP contribution < -0.4 is 0 Å². The number of aromatic nitrogens is 1. The predicted molar refractivity (Wildman–Crippen MR) is 73.8 cm³/mol. The summed E-state index contributed by atoms with van der Waals surface area (Å²) >= 11 is 0. The third-order valence-electron chi connectivity index (χ3n) is 2.91. The van der Waals surface area contributed by atoms with Crippen LogP contribution in [0.3, 0.4) is 0 Å². The molecule has 2 N–H and O–H groups in total. The monoisotopic (exact) mass is 306 g/mol. The topological polar surface area (TPSA) is 91.9 Å². The molecule has 1 aromatic rings. The molecule has 0 saturated heterocycles. The van der Waals surface area contributed by atoms with Gasteiger partial charge in [0.1, 0.15) is 0 Å². The normalized spacial score (nSPS) is 13.8. The fraction of sp³-hybridized carbons (Fsp3) is 0.667. The largest absolute Gasteiger partial charge is 0.390 e. The van der Waals surface area contributed by atoms with E-state index in [-0.39, 0.29) is 24.1 Å². The molecule has 0 fully saturated rings. The van der Waals surface area contributed by atoms with E-state index < -0.39 is 10.0 Å². The second-order valence-corrected chi connectivity index (χ2v) is 6.32. The molecule has 0 aliphatic rings. The molecule has 20 heavy (non-hydrogen) atoms. The van der Waals surface area contributed by atoms with E-state index in [1.807, 2.05) is 0 Å². The lowest BCUT2D eigenvalue weighted by Gasteiger charge is -2.27. The number of hydrogen-bond donors (Lipinski definition) is 2. The Balaban J connectivity index is 3.02. The molecule has 7 nitrogen and oxygen atoms in total. The number of nitrogens with one attached hydrogen (secondary N) is 1. The average Bonchev–Trinajstić information content (AvgIpc) is 2.88. The predicted octanol–water partition coefficient (Wildman–Crippen LogP) is 0.179. The van der Waals surface area contributed by atoms with E-state index in [1.165, 1.54) is 30.8 Å². The molecule has 116 valence electrons. The van der Waals surface area contributed by atoms with E-state index in [2.05, 4.69) is 4.98 Å². The van der Waals surface area contributed by atoms with Crippen molar-refractivity contribution in [2.24, 2.45) is 0 Å². The van der Waals surface area contributed by atoms with Crippen LogP contribution >= 0.6 is 0 Å². The molecule has 1 atom stereocenters. The quantitative estimate of drug-likeness (QED) is 0.679. The van der Waals surface area contributed by atoms with E-state index in [4.69, 9.17) is 14.6 Å². The standard InChI is InChI=1S/C12H22N2O5S/c1-10(9-19-3)14(4-5-18-2)20(16,17)12-6-11(8-15)13-7-12/h6-7,10,13,15H,4-5,8-9H2,1-3H3. The Morgan fingerprint density at radius 2 is 2.10 bits per heavy atom. The van der Waals surface area contributed by atoms with Crippen LogP contribution in [-0.4, -0.2) is 62.8 Å².